The van der Waals surface area contributed by atoms with Crippen LogP contribution in [0.1, 0.15) is 28.9 Å². The third-order valence-electron chi connectivity index (χ3n) is 5.45. The van der Waals surface area contributed by atoms with Gasteiger partial charge in [0.2, 0.25) is 0 Å². The van der Waals surface area contributed by atoms with E-state index >= 15 is 0 Å². The predicted octanol–water partition coefficient (Wildman–Crippen LogP) is 2.61. The van der Waals surface area contributed by atoms with Crippen LogP contribution < -0.4 is 4.74 Å². The highest BCUT2D eigenvalue weighted by atomic mass is 16.5. The normalized spacial score (nSPS) is 22.3. The van der Waals surface area contributed by atoms with Crippen molar-refractivity contribution < 1.29 is 9.53 Å². The van der Waals surface area contributed by atoms with E-state index in [4.69, 9.17) is 9.73 Å². The Morgan fingerprint density at radius 1 is 1.24 bits per heavy atom. The molecule has 2 atom stereocenters. The molecule has 150 valence electrons. The Kier molecular flexibility index (Phi) is 5.67. The number of allylic oxidation sites excluding steroid dienone is 1. The summed E-state index contributed by atoms with van der Waals surface area (Å²) in [6.07, 6.45) is 8.90. The molecule has 1 saturated heterocycles. The van der Waals surface area contributed by atoms with E-state index in [2.05, 4.69) is 19.8 Å². The fourth-order valence-electron chi connectivity index (χ4n) is 3.95. The first-order chi connectivity index (χ1) is 14.2. The number of nitrogens with zero attached hydrogens (tertiary/aromatic N) is 5. The number of hydrogen-bond acceptors (Lipinski definition) is 7. The molecule has 1 aromatic heterocycles. The molecule has 29 heavy (non-hydrogen) atoms. The van der Waals surface area contributed by atoms with Gasteiger partial charge in [-0.3, -0.25) is 9.69 Å². The van der Waals surface area contributed by atoms with E-state index in [-0.39, 0.29) is 18.0 Å². The van der Waals surface area contributed by atoms with Gasteiger partial charge in [0.05, 0.1) is 24.1 Å². The molecule has 2 unspecified atom stereocenters. The number of ketones is 1. The summed E-state index contributed by atoms with van der Waals surface area (Å²) in [5, 5.41) is 0. The van der Waals surface area contributed by atoms with Gasteiger partial charge in [-0.2, -0.15) is 0 Å². The standard InChI is InChI=1S/C22H25N5O2/c1-26-13-10-19(18-9-11-23-15-24-18)25-22(26)27-12-5-6-16(14-27)21(28)17-7-3-4-8-20(17)29-2/h3-4,7-11,13,15-16,22H,5-6,12,14H2,1-2H3. The van der Waals surface area contributed by atoms with Crippen molar-refractivity contribution in [3.63, 3.8) is 0 Å². The summed E-state index contributed by atoms with van der Waals surface area (Å²) in [5.74, 6) is 0.703. The molecular weight excluding hydrogens is 366 g/mol. The highest BCUT2D eigenvalue weighted by molar-refractivity contribution is 6.07. The molecule has 7 nitrogen and oxygen atoms in total. The van der Waals surface area contributed by atoms with Gasteiger partial charge in [-0.1, -0.05) is 12.1 Å². The molecule has 0 bridgehead atoms. The van der Waals surface area contributed by atoms with Crippen molar-refractivity contribution in [3.05, 3.63) is 66.4 Å². The molecule has 0 aliphatic carbocycles. The van der Waals surface area contributed by atoms with E-state index in [1.54, 1.807) is 13.3 Å². The molecule has 1 fully saturated rings. The second-order valence-electron chi connectivity index (χ2n) is 7.34. The van der Waals surface area contributed by atoms with Gasteiger partial charge in [0.1, 0.15) is 12.1 Å². The average molecular weight is 391 g/mol. The van der Waals surface area contributed by atoms with Crippen LogP contribution in [0.4, 0.5) is 0 Å². The summed E-state index contributed by atoms with van der Waals surface area (Å²) < 4.78 is 5.39. The first-order valence-electron chi connectivity index (χ1n) is 9.83. The van der Waals surface area contributed by atoms with Gasteiger partial charge in [0.15, 0.2) is 12.1 Å². The zero-order valence-electron chi connectivity index (χ0n) is 16.7. The molecule has 4 rings (SSSR count). The molecule has 2 aromatic rings. The number of carbonyl (C=O) groups excluding carboxylic acids is 1. The number of aromatic nitrogens is 2. The monoisotopic (exact) mass is 391 g/mol. The maximum atomic E-state index is 13.2. The minimum absolute atomic E-state index is 0.0722. The quantitative estimate of drug-likeness (QED) is 0.730. The van der Waals surface area contributed by atoms with E-state index in [0.717, 1.165) is 30.8 Å². The number of hydrogen-bond donors (Lipinski definition) is 0. The van der Waals surface area contributed by atoms with Crippen LogP contribution in [0.3, 0.4) is 0 Å². The number of para-hydroxylation sites is 1. The Labute approximate surface area is 170 Å². The van der Waals surface area contributed by atoms with Crippen LogP contribution in [-0.2, 0) is 0 Å². The second-order valence-corrected chi connectivity index (χ2v) is 7.34. The van der Waals surface area contributed by atoms with Crippen LogP contribution in [0, 0.1) is 5.92 Å². The van der Waals surface area contributed by atoms with Gasteiger partial charge in [0.25, 0.3) is 0 Å². The Balaban J connectivity index is 1.54. The van der Waals surface area contributed by atoms with E-state index < -0.39 is 0 Å². The Hall–Kier alpha value is -3.06. The average Bonchev–Trinajstić information content (AvgIpc) is 2.79. The molecule has 3 heterocycles. The lowest BCUT2D eigenvalue weighted by molar-refractivity contribution is 0.0486. The highest BCUT2D eigenvalue weighted by Crippen LogP contribution is 2.28. The van der Waals surface area contributed by atoms with Crippen molar-refractivity contribution in [2.75, 3.05) is 27.2 Å². The van der Waals surface area contributed by atoms with E-state index in [0.29, 0.717) is 17.9 Å². The van der Waals surface area contributed by atoms with Crippen molar-refractivity contribution in [1.82, 2.24) is 19.8 Å². The van der Waals surface area contributed by atoms with Crippen molar-refractivity contribution in [2.24, 2.45) is 10.9 Å². The zero-order valence-corrected chi connectivity index (χ0v) is 16.7. The Morgan fingerprint density at radius 3 is 2.90 bits per heavy atom. The number of aliphatic imine (C=N–C) groups is 1. The largest absolute Gasteiger partial charge is 0.496 e. The van der Waals surface area contributed by atoms with E-state index in [1.807, 2.05) is 49.7 Å². The minimum atomic E-state index is -0.154. The molecule has 0 spiro atoms. The van der Waals surface area contributed by atoms with E-state index in [1.165, 1.54) is 6.33 Å². The van der Waals surface area contributed by atoms with Crippen LogP contribution in [0.25, 0.3) is 0 Å². The fourth-order valence-corrected chi connectivity index (χ4v) is 3.95. The number of benzene rings is 1. The van der Waals surface area contributed by atoms with Crippen LogP contribution in [0.15, 0.2) is 60.1 Å². The topological polar surface area (TPSA) is 70.9 Å². The third kappa shape index (κ3) is 4.05. The van der Waals surface area contributed by atoms with Crippen molar-refractivity contribution >= 4 is 11.5 Å². The van der Waals surface area contributed by atoms with Gasteiger partial charge < -0.3 is 9.64 Å². The molecule has 0 N–H and O–H groups in total. The molecule has 2 aliphatic rings. The lowest BCUT2D eigenvalue weighted by Gasteiger charge is -2.40. The van der Waals surface area contributed by atoms with Gasteiger partial charge in [0, 0.05) is 38.5 Å². The number of methoxy groups -OCH3 is 1. The summed E-state index contributed by atoms with van der Waals surface area (Å²) >= 11 is 0. The summed E-state index contributed by atoms with van der Waals surface area (Å²) in [7, 11) is 3.61. The molecule has 2 aliphatic heterocycles. The number of likely N-dealkylation sites (tertiary alicyclic amines) is 1. The van der Waals surface area contributed by atoms with Crippen LogP contribution in [-0.4, -0.2) is 64.8 Å². The lowest BCUT2D eigenvalue weighted by atomic mass is 9.89. The van der Waals surface area contributed by atoms with Crippen molar-refractivity contribution in [3.8, 4) is 5.75 Å². The molecule has 7 heteroatoms. The van der Waals surface area contributed by atoms with Crippen molar-refractivity contribution in [2.45, 2.75) is 19.1 Å². The smallest absolute Gasteiger partial charge is 0.178 e. The second kappa shape index (κ2) is 8.53. The number of piperidine rings is 1. The number of Topliss-reactive ketones (excluding diaryl/α,β-unsaturated/α-hetero) is 1. The number of rotatable bonds is 5. The van der Waals surface area contributed by atoms with Gasteiger partial charge in [-0.15, -0.1) is 0 Å². The summed E-state index contributed by atoms with van der Waals surface area (Å²) in [6.45, 7) is 1.57. The maximum Gasteiger partial charge on any atom is 0.178 e. The predicted molar refractivity (Wildman–Crippen MR) is 111 cm³/mol. The molecule has 0 amide bonds. The molecular formula is C22H25N5O2. The van der Waals surface area contributed by atoms with Gasteiger partial charge in [-0.25, -0.2) is 15.0 Å². The van der Waals surface area contributed by atoms with Crippen LogP contribution >= 0.6 is 0 Å². The third-order valence-corrected chi connectivity index (χ3v) is 5.45. The summed E-state index contributed by atoms with van der Waals surface area (Å²) in [4.78, 5) is 30.7. The first kappa shape index (κ1) is 19.3. The van der Waals surface area contributed by atoms with E-state index in [9.17, 15) is 4.79 Å². The van der Waals surface area contributed by atoms with Crippen LogP contribution in [0.5, 0.6) is 5.75 Å². The highest BCUT2D eigenvalue weighted by Gasteiger charge is 2.33. The maximum absolute atomic E-state index is 13.2. The molecule has 0 saturated carbocycles. The van der Waals surface area contributed by atoms with Crippen LogP contribution in [0.2, 0.25) is 0 Å². The first-order valence-corrected chi connectivity index (χ1v) is 9.83. The SMILES string of the molecule is COc1ccccc1C(=O)C1CCCN(C2N=C(c3ccncn3)C=CN2C)C1. The summed E-state index contributed by atoms with van der Waals surface area (Å²) in [6, 6.07) is 9.31. The minimum Gasteiger partial charge on any atom is -0.496 e. The molecule has 0 radical (unpaired) electrons. The van der Waals surface area contributed by atoms with Gasteiger partial charge in [-0.05, 0) is 37.1 Å². The number of carbonyl (C=O) groups is 1. The Morgan fingerprint density at radius 2 is 2.10 bits per heavy atom. The van der Waals surface area contributed by atoms with Gasteiger partial charge >= 0.3 is 0 Å². The zero-order chi connectivity index (χ0) is 20.2. The van der Waals surface area contributed by atoms with Crippen molar-refractivity contribution in [1.29, 1.82) is 0 Å². The lowest BCUT2D eigenvalue weighted by Crippen LogP contribution is -2.50. The number of ether oxygens (including phenoxy) is 1. The summed E-state index contributed by atoms with van der Waals surface area (Å²) in [5.41, 5.74) is 2.28. The Bertz CT molecular complexity index is 928. The fraction of sp³-hybridized carbons (Fsp3) is 0.364. The molecule has 1 aromatic carbocycles.